The molecular weight excluding hydrogens is 372 g/mol. The lowest BCUT2D eigenvalue weighted by molar-refractivity contribution is 0.103. The van der Waals surface area contributed by atoms with Crippen molar-refractivity contribution in [3.63, 3.8) is 0 Å². The summed E-state index contributed by atoms with van der Waals surface area (Å²) in [7, 11) is 1.59. The first-order valence-electron chi connectivity index (χ1n) is 9.65. The van der Waals surface area contributed by atoms with E-state index in [-0.39, 0.29) is 11.6 Å². The van der Waals surface area contributed by atoms with Gasteiger partial charge in [0.1, 0.15) is 5.75 Å². The highest BCUT2D eigenvalue weighted by Gasteiger charge is 2.12. The first-order chi connectivity index (χ1) is 14.7. The predicted molar refractivity (Wildman–Crippen MR) is 118 cm³/mol. The molecular formula is C27H20O3. The van der Waals surface area contributed by atoms with E-state index in [1.807, 2.05) is 72.8 Å². The van der Waals surface area contributed by atoms with Crippen molar-refractivity contribution in [3.8, 4) is 16.9 Å². The number of carbonyl (C=O) groups is 2. The smallest absolute Gasteiger partial charge is 0.193 e. The maximum absolute atomic E-state index is 12.9. The number of benzene rings is 4. The Morgan fingerprint density at radius 2 is 1.00 bits per heavy atom. The van der Waals surface area contributed by atoms with Gasteiger partial charge in [-0.25, -0.2) is 0 Å². The zero-order valence-electron chi connectivity index (χ0n) is 16.5. The van der Waals surface area contributed by atoms with Crippen LogP contribution in [0.5, 0.6) is 5.75 Å². The van der Waals surface area contributed by atoms with Crippen LogP contribution in [0.2, 0.25) is 0 Å². The fraction of sp³-hybridized carbons (Fsp3) is 0.0370. The molecule has 0 saturated heterocycles. The Kier molecular flexibility index (Phi) is 5.53. The molecule has 0 unspecified atom stereocenters. The van der Waals surface area contributed by atoms with Crippen LogP contribution in [0.1, 0.15) is 31.8 Å². The minimum atomic E-state index is -0.0592. The van der Waals surface area contributed by atoms with Gasteiger partial charge < -0.3 is 4.74 Å². The quantitative estimate of drug-likeness (QED) is 0.388. The molecule has 0 saturated carbocycles. The van der Waals surface area contributed by atoms with Crippen molar-refractivity contribution >= 4 is 11.6 Å². The van der Waals surface area contributed by atoms with E-state index in [1.165, 1.54) is 0 Å². The molecule has 0 heterocycles. The molecule has 3 heteroatoms. The van der Waals surface area contributed by atoms with Gasteiger partial charge in [-0.05, 0) is 47.5 Å². The van der Waals surface area contributed by atoms with E-state index in [0.29, 0.717) is 28.0 Å². The van der Waals surface area contributed by atoms with Crippen LogP contribution < -0.4 is 4.74 Å². The first-order valence-corrected chi connectivity index (χ1v) is 9.65. The minimum Gasteiger partial charge on any atom is -0.497 e. The SMILES string of the molecule is COc1ccc(C(=O)c2cccc(-c3cccc(C(=O)c4ccccc4)c3)c2)cc1. The van der Waals surface area contributed by atoms with Gasteiger partial charge in [0.05, 0.1) is 7.11 Å². The van der Waals surface area contributed by atoms with Gasteiger partial charge in [-0.1, -0.05) is 66.7 Å². The van der Waals surface area contributed by atoms with Crippen molar-refractivity contribution in [1.82, 2.24) is 0 Å². The number of rotatable bonds is 6. The van der Waals surface area contributed by atoms with Crippen LogP contribution in [0, 0.1) is 0 Å². The molecule has 4 aromatic rings. The Hall–Kier alpha value is -3.98. The van der Waals surface area contributed by atoms with Crippen molar-refractivity contribution in [2.24, 2.45) is 0 Å². The van der Waals surface area contributed by atoms with Gasteiger partial charge in [-0.15, -0.1) is 0 Å². The lowest BCUT2D eigenvalue weighted by Crippen LogP contribution is -2.02. The molecule has 0 radical (unpaired) electrons. The average molecular weight is 392 g/mol. The second-order valence-corrected chi connectivity index (χ2v) is 6.91. The van der Waals surface area contributed by atoms with Crippen LogP contribution in [0.3, 0.4) is 0 Å². The fourth-order valence-electron chi connectivity index (χ4n) is 3.35. The third kappa shape index (κ3) is 4.06. The summed E-state index contributed by atoms with van der Waals surface area (Å²) in [6, 6.07) is 31.2. The van der Waals surface area contributed by atoms with Crippen molar-refractivity contribution in [2.75, 3.05) is 7.11 Å². The first kappa shape index (κ1) is 19.3. The molecule has 0 fully saturated rings. The monoisotopic (exact) mass is 392 g/mol. The van der Waals surface area contributed by atoms with Crippen LogP contribution >= 0.6 is 0 Å². The maximum atomic E-state index is 12.9. The van der Waals surface area contributed by atoms with Gasteiger partial charge >= 0.3 is 0 Å². The van der Waals surface area contributed by atoms with Crippen molar-refractivity contribution in [1.29, 1.82) is 0 Å². The maximum Gasteiger partial charge on any atom is 0.193 e. The van der Waals surface area contributed by atoms with Crippen molar-refractivity contribution in [2.45, 2.75) is 0 Å². The van der Waals surface area contributed by atoms with Crippen LogP contribution in [-0.2, 0) is 0 Å². The highest BCUT2D eigenvalue weighted by atomic mass is 16.5. The molecule has 0 aliphatic carbocycles. The van der Waals surface area contributed by atoms with Gasteiger partial charge in [0.25, 0.3) is 0 Å². The van der Waals surface area contributed by atoms with Crippen LogP contribution in [0.4, 0.5) is 0 Å². The summed E-state index contributed by atoms with van der Waals surface area (Å²) in [5.74, 6) is 0.624. The Labute approximate surface area is 175 Å². The largest absolute Gasteiger partial charge is 0.497 e. The standard InChI is InChI=1S/C27H20O3/c1-30-25-15-13-20(14-16-25)27(29)24-12-6-10-22(18-24)21-9-5-11-23(17-21)26(28)19-7-3-2-4-8-19/h2-18H,1H3. The summed E-state index contributed by atoms with van der Waals surface area (Å²) in [5, 5.41) is 0. The second-order valence-electron chi connectivity index (χ2n) is 6.91. The molecule has 4 rings (SSSR count). The molecule has 0 aromatic heterocycles. The Morgan fingerprint density at radius 3 is 1.50 bits per heavy atom. The van der Waals surface area contributed by atoms with Gasteiger partial charge in [0.15, 0.2) is 11.6 Å². The number of hydrogen-bond acceptors (Lipinski definition) is 3. The van der Waals surface area contributed by atoms with Crippen LogP contribution in [0.15, 0.2) is 103 Å². The zero-order chi connectivity index (χ0) is 20.9. The number of carbonyl (C=O) groups excluding carboxylic acids is 2. The summed E-state index contributed by atoms with van der Waals surface area (Å²) < 4.78 is 5.16. The Morgan fingerprint density at radius 1 is 0.533 bits per heavy atom. The second kappa shape index (κ2) is 8.58. The fourth-order valence-corrected chi connectivity index (χ4v) is 3.35. The number of ether oxygens (including phenoxy) is 1. The molecule has 4 aromatic carbocycles. The summed E-state index contributed by atoms with van der Waals surface area (Å²) in [5.41, 5.74) is 4.24. The molecule has 0 bridgehead atoms. The summed E-state index contributed by atoms with van der Waals surface area (Å²) in [6.07, 6.45) is 0. The number of ketones is 2. The number of hydrogen-bond donors (Lipinski definition) is 0. The topological polar surface area (TPSA) is 43.4 Å². The highest BCUT2D eigenvalue weighted by molar-refractivity contribution is 6.10. The van der Waals surface area contributed by atoms with Gasteiger partial charge in [-0.2, -0.15) is 0 Å². The molecule has 0 spiro atoms. The van der Waals surface area contributed by atoms with E-state index in [0.717, 1.165) is 11.1 Å². The average Bonchev–Trinajstić information content (AvgIpc) is 2.84. The van der Waals surface area contributed by atoms with Gasteiger partial charge in [0.2, 0.25) is 0 Å². The van der Waals surface area contributed by atoms with E-state index < -0.39 is 0 Å². The van der Waals surface area contributed by atoms with Crippen LogP contribution in [0.25, 0.3) is 11.1 Å². The molecule has 30 heavy (non-hydrogen) atoms. The minimum absolute atomic E-state index is 0.0251. The van der Waals surface area contributed by atoms with Gasteiger partial charge in [-0.3, -0.25) is 9.59 Å². The van der Waals surface area contributed by atoms with Crippen molar-refractivity contribution in [3.05, 3.63) is 125 Å². The van der Waals surface area contributed by atoms with E-state index in [4.69, 9.17) is 4.74 Å². The molecule has 3 nitrogen and oxygen atoms in total. The van der Waals surface area contributed by atoms with Crippen LogP contribution in [-0.4, -0.2) is 18.7 Å². The van der Waals surface area contributed by atoms with E-state index in [9.17, 15) is 9.59 Å². The lowest BCUT2D eigenvalue weighted by atomic mass is 9.95. The van der Waals surface area contributed by atoms with E-state index >= 15 is 0 Å². The normalized spacial score (nSPS) is 10.4. The molecule has 0 amide bonds. The molecule has 146 valence electrons. The summed E-state index contributed by atoms with van der Waals surface area (Å²) >= 11 is 0. The molecule has 0 atom stereocenters. The predicted octanol–water partition coefficient (Wildman–Crippen LogP) is 5.82. The third-order valence-electron chi connectivity index (χ3n) is 4.97. The van der Waals surface area contributed by atoms with Crippen molar-refractivity contribution < 1.29 is 14.3 Å². The highest BCUT2D eigenvalue weighted by Crippen LogP contribution is 2.24. The van der Waals surface area contributed by atoms with E-state index in [1.54, 1.807) is 37.4 Å². The number of methoxy groups -OCH3 is 1. The Balaban J connectivity index is 1.64. The lowest BCUT2D eigenvalue weighted by Gasteiger charge is -2.08. The molecule has 0 N–H and O–H groups in total. The van der Waals surface area contributed by atoms with Gasteiger partial charge in [0, 0.05) is 22.3 Å². The molecule has 0 aliphatic rings. The Bertz CT molecular complexity index is 1190. The summed E-state index contributed by atoms with van der Waals surface area (Å²) in [6.45, 7) is 0. The summed E-state index contributed by atoms with van der Waals surface area (Å²) in [4.78, 5) is 25.7. The zero-order valence-corrected chi connectivity index (χ0v) is 16.5. The van der Waals surface area contributed by atoms with E-state index in [2.05, 4.69) is 0 Å². The molecule has 0 aliphatic heterocycles. The third-order valence-corrected chi connectivity index (χ3v) is 4.97.